The Morgan fingerprint density at radius 3 is 2.10 bits per heavy atom. The topological polar surface area (TPSA) is 46.5 Å². The molecule has 1 rings (SSSR count). The molecule has 0 saturated heterocycles. The van der Waals surface area contributed by atoms with Gasteiger partial charge in [0, 0.05) is 0 Å². The van der Waals surface area contributed by atoms with E-state index in [1.165, 1.54) is 19.3 Å². The first-order valence-corrected chi connectivity index (χ1v) is 12.0. The fourth-order valence-electron chi connectivity index (χ4n) is 3.94. The van der Waals surface area contributed by atoms with Crippen molar-refractivity contribution < 1.29 is 14.6 Å². The summed E-state index contributed by atoms with van der Waals surface area (Å²) in [6, 6.07) is 5.75. The summed E-state index contributed by atoms with van der Waals surface area (Å²) in [5.74, 6) is -0.475. The summed E-state index contributed by atoms with van der Waals surface area (Å²) in [5.41, 5.74) is 1.32. The molecule has 174 valence electrons. The maximum absolute atomic E-state index is 11.6. The van der Waals surface area contributed by atoms with Crippen LogP contribution in [0.1, 0.15) is 112 Å². The van der Waals surface area contributed by atoms with E-state index in [1.807, 2.05) is 32.0 Å². The molecule has 30 heavy (non-hydrogen) atoms. The largest absolute Gasteiger partial charge is 0.479 e. The first-order chi connectivity index (χ1) is 14.0. The van der Waals surface area contributed by atoms with Gasteiger partial charge in [0.05, 0.1) is 5.02 Å². The Kier molecular flexibility index (Phi) is 13.4. The van der Waals surface area contributed by atoms with Gasteiger partial charge in [-0.05, 0) is 47.8 Å². The van der Waals surface area contributed by atoms with Gasteiger partial charge in [0.2, 0.25) is 0 Å². The van der Waals surface area contributed by atoms with Gasteiger partial charge in [0.25, 0.3) is 0 Å². The normalized spacial score (nSPS) is 12.7. The first-order valence-electron chi connectivity index (χ1n) is 11.7. The minimum atomic E-state index is -0.929. The van der Waals surface area contributed by atoms with Gasteiger partial charge in [-0.15, -0.1) is 0 Å². The van der Waals surface area contributed by atoms with Crippen molar-refractivity contribution in [1.82, 2.24) is 0 Å². The molecular weight excluding hydrogens is 396 g/mol. The molecule has 0 spiro atoms. The van der Waals surface area contributed by atoms with Gasteiger partial charge < -0.3 is 9.84 Å². The molecule has 0 radical (unpaired) electrons. The molecule has 1 aromatic carbocycles. The van der Waals surface area contributed by atoms with Crippen molar-refractivity contribution in [1.29, 1.82) is 0 Å². The van der Waals surface area contributed by atoms with Gasteiger partial charge in [0.15, 0.2) is 6.10 Å². The van der Waals surface area contributed by atoms with Crippen molar-refractivity contribution in [3.63, 3.8) is 0 Å². The maximum atomic E-state index is 11.6. The highest BCUT2D eigenvalue weighted by Gasteiger charge is 2.28. The van der Waals surface area contributed by atoms with E-state index in [0.29, 0.717) is 17.2 Å². The van der Waals surface area contributed by atoms with Crippen molar-refractivity contribution in [3.8, 4) is 5.75 Å². The summed E-state index contributed by atoms with van der Waals surface area (Å²) in [5, 5.41) is 9.99. The van der Waals surface area contributed by atoms with Crippen LogP contribution in [-0.2, 0) is 10.2 Å². The summed E-state index contributed by atoms with van der Waals surface area (Å²) in [6.07, 6.45) is 7.40. The van der Waals surface area contributed by atoms with Crippen LogP contribution in [0, 0.1) is 5.41 Å². The standard InChI is InChI=1S/C24H39ClO3.C2H6/c1-7-8-9-10-11-12-13-21(22(26)27)28-20-15-14-18(16-19(20)25)24(5,6)17-23(2,3)4;1-2/h14-16,21H,7-13,17H2,1-6H3,(H,26,27);1-2H3. The van der Waals surface area contributed by atoms with Crippen LogP contribution < -0.4 is 4.74 Å². The zero-order valence-electron chi connectivity index (χ0n) is 20.6. The Morgan fingerprint density at radius 1 is 1.03 bits per heavy atom. The van der Waals surface area contributed by atoms with Crippen LogP contribution in [0.4, 0.5) is 0 Å². The molecule has 0 saturated carbocycles. The van der Waals surface area contributed by atoms with E-state index in [-0.39, 0.29) is 10.8 Å². The Morgan fingerprint density at radius 2 is 1.60 bits per heavy atom. The van der Waals surface area contributed by atoms with E-state index in [1.54, 1.807) is 0 Å². The first kappa shape index (κ1) is 28.8. The number of hydrogen-bond donors (Lipinski definition) is 1. The number of ether oxygens (including phenoxy) is 1. The molecule has 0 fully saturated rings. The lowest BCUT2D eigenvalue weighted by Gasteiger charge is -2.33. The third-order valence-corrected chi connectivity index (χ3v) is 5.35. The number of carbonyl (C=O) groups is 1. The molecule has 0 aliphatic rings. The molecule has 1 N–H and O–H groups in total. The number of unbranched alkanes of at least 4 members (excludes halogenated alkanes) is 5. The lowest BCUT2D eigenvalue weighted by molar-refractivity contribution is -0.145. The minimum absolute atomic E-state index is 0.0227. The van der Waals surface area contributed by atoms with Crippen LogP contribution in [0.15, 0.2) is 18.2 Å². The van der Waals surface area contributed by atoms with E-state index >= 15 is 0 Å². The summed E-state index contributed by atoms with van der Waals surface area (Å²) in [6.45, 7) is 17.3. The zero-order valence-corrected chi connectivity index (χ0v) is 21.4. The number of rotatable bonds is 12. The molecule has 1 unspecified atom stereocenters. The molecule has 0 bridgehead atoms. The molecule has 0 aromatic heterocycles. The SMILES string of the molecule is CC.CCCCCCCCC(Oc1ccc(C(C)(C)CC(C)(C)C)cc1Cl)C(=O)O. The van der Waals surface area contributed by atoms with Crippen molar-refractivity contribution >= 4 is 17.6 Å². The Labute approximate surface area is 190 Å². The Bertz CT molecular complexity index is 617. The molecule has 3 nitrogen and oxygen atoms in total. The monoisotopic (exact) mass is 440 g/mol. The second kappa shape index (κ2) is 14.0. The van der Waals surface area contributed by atoms with E-state index in [9.17, 15) is 9.90 Å². The molecule has 0 aliphatic carbocycles. The van der Waals surface area contributed by atoms with Crippen molar-refractivity contribution in [2.45, 2.75) is 118 Å². The van der Waals surface area contributed by atoms with Gasteiger partial charge in [-0.25, -0.2) is 4.79 Å². The number of aliphatic carboxylic acids is 1. The molecule has 1 atom stereocenters. The number of carboxylic acid groups (broad SMARTS) is 1. The molecule has 0 amide bonds. The summed E-state index contributed by atoms with van der Waals surface area (Å²) in [7, 11) is 0. The van der Waals surface area contributed by atoms with Crippen LogP contribution in [0.25, 0.3) is 0 Å². The van der Waals surface area contributed by atoms with Gasteiger partial charge in [-0.1, -0.05) is 105 Å². The van der Waals surface area contributed by atoms with Crippen molar-refractivity contribution in [3.05, 3.63) is 28.8 Å². The quantitative estimate of drug-likeness (QED) is 0.330. The highest BCUT2D eigenvalue weighted by molar-refractivity contribution is 6.32. The Balaban J connectivity index is 0.00000407. The van der Waals surface area contributed by atoms with Gasteiger partial charge >= 0.3 is 5.97 Å². The fraction of sp³-hybridized carbons (Fsp3) is 0.731. The second-order valence-corrected chi connectivity index (χ2v) is 10.2. The zero-order chi connectivity index (χ0) is 23.4. The number of hydrogen-bond acceptors (Lipinski definition) is 2. The molecule has 4 heteroatoms. The van der Waals surface area contributed by atoms with Crippen LogP contribution in [0.2, 0.25) is 5.02 Å². The number of halogens is 1. The summed E-state index contributed by atoms with van der Waals surface area (Å²) in [4.78, 5) is 11.6. The van der Waals surface area contributed by atoms with Crippen LogP contribution in [-0.4, -0.2) is 17.2 Å². The molecule has 0 heterocycles. The predicted molar refractivity (Wildman–Crippen MR) is 130 cm³/mol. The average molecular weight is 441 g/mol. The van der Waals surface area contributed by atoms with E-state index in [0.717, 1.165) is 31.2 Å². The highest BCUT2D eigenvalue weighted by Crippen LogP contribution is 2.39. The van der Waals surface area contributed by atoms with Gasteiger partial charge in [-0.2, -0.15) is 0 Å². The molecule has 0 aliphatic heterocycles. The van der Waals surface area contributed by atoms with Crippen molar-refractivity contribution in [2.24, 2.45) is 5.41 Å². The third kappa shape index (κ3) is 11.2. The number of carboxylic acids is 1. The third-order valence-electron chi connectivity index (χ3n) is 5.05. The highest BCUT2D eigenvalue weighted by atomic mass is 35.5. The predicted octanol–water partition coefficient (Wildman–Crippen LogP) is 8.66. The average Bonchev–Trinajstić information content (AvgIpc) is 2.64. The summed E-state index contributed by atoms with van der Waals surface area (Å²) >= 11 is 6.46. The lowest BCUT2D eigenvalue weighted by Crippen LogP contribution is -2.27. The number of benzene rings is 1. The van der Waals surface area contributed by atoms with Crippen LogP contribution in [0.5, 0.6) is 5.75 Å². The second-order valence-electron chi connectivity index (χ2n) is 9.77. The molecular formula is C26H45ClO3. The lowest BCUT2D eigenvalue weighted by atomic mass is 9.72. The van der Waals surface area contributed by atoms with Crippen LogP contribution >= 0.6 is 11.6 Å². The van der Waals surface area contributed by atoms with E-state index in [2.05, 4.69) is 41.5 Å². The Hall–Kier alpha value is -1.22. The molecule has 1 aromatic rings. The van der Waals surface area contributed by atoms with Crippen LogP contribution in [0.3, 0.4) is 0 Å². The van der Waals surface area contributed by atoms with Gasteiger partial charge in [0.1, 0.15) is 5.75 Å². The fourth-order valence-corrected chi connectivity index (χ4v) is 4.17. The minimum Gasteiger partial charge on any atom is -0.479 e. The van der Waals surface area contributed by atoms with E-state index < -0.39 is 12.1 Å². The van der Waals surface area contributed by atoms with Crippen molar-refractivity contribution in [2.75, 3.05) is 0 Å². The maximum Gasteiger partial charge on any atom is 0.344 e. The van der Waals surface area contributed by atoms with Gasteiger partial charge in [-0.3, -0.25) is 0 Å². The smallest absolute Gasteiger partial charge is 0.344 e. The van der Waals surface area contributed by atoms with E-state index in [4.69, 9.17) is 16.3 Å². The summed E-state index contributed by atoms with van der Waals surface area (Å²) < 4.78 is 5.77.